The SMILES string of the molecule is c1ccc(-c2nnc(OCC3CC3)nc2-c2ccccc2)cc1. The summed E-state index contributed by atoms with van der Waals surface area (Å²) in [6, 6.07) is 20.4. The Balaban J connectivity index is 1.75. The molecular weight excluding hydrogens is 286 g/mol. The van der Waals surface area contributed by atoms with Crippen molar-refractivity contribution in [3.05, 3.63) is 60.7 Å². The number of hydrogen-bond donors (Lipinski definition) is 0. The van der Waals surface area contributed by atoms with Gasteiger partial charge in [-0.15, -0.1) is 5.10 Å². The molecule has 1 saturated carbocycles. The van der Waals surface area contributed by atoms with Crippen LogP contribution in [0.5, 0.6) is 6.01 Å². The Hall–Kier alpha value is -2.75. The van der Waals surface area contributed by atoms with Gasteiger partial charge in [0.2, 0.25) is 0 Å². The molecular formula is C19H17N3O. The molecule has 0 amide bonds. The molecule has 23 heavy (non-hydrogen) atoms. The van der Waals surface area contributed by atoms with Gasteiger partial charge in [0.15, 0.2) is 0 Å². The van der Waals surface area contributed by atoms with Gasteiger partial charge < -0.3 is 4.74 Å². The predicted molar refractivity (Wildman–Crippen MR) is 88.9 cm³/mol. The first kappa shape index (κ1) is 13.9. The van der Waals surface area contributed by atoms with Crippen molar-refractivity contribution in [2.75, 3.05) is 6.61 Å². The summed E-state index contributed by atoms with van der Waals surface area (Å²) < 4.78 is 5.70. The van der Waals surface area contributed by atoms with E-state index in [0.717, 1.165) is 22.5 Å². The van der Waals surface area contributed by atoms with E-state index in [4.69, 9.17) is 4.74 Å². The van der Waals surface area contributed by atoms with Crippen LogP contribution in [0.3, 0.4) is 0 Å². The average Bonchev–Trinajstić information content (AvgIpc) is 3.46. The third kappa shape index (κ3) is 3.21. The Morgan fingerprint density at radius 2 is 1.39 bits per heavy atom. The Bertz CT molecular complexity index is 786. The molecule has 0 spiro atoms. The third-order valence-corrected chi connectivity index (χ3v) is 3.91. The second-order valence-electron chi connectivity index (χ2n) is 5.78. The minimum absolute atomic E-state index is 0.357. The van der Waals surface area contributed by atoms with E-state index in [-0.39, 0.29) is 0 Å². The summed E-state index contributed by atoms with van der Waals surface area (Å²) in [6.45, 7) is 0.681. The van der Waals surface area contributed by atoms with Crippen LogP contribution in [0.2, 0.25) is 0 Å². The zero-order chi connectivity index (χ0) is 15.5. The van der Waals surface area contributed by atoms with Crippen molar-refractivity contribution in [3.8, 4) is 28.5 Å². The van der Waals surface area contributed by atoms with Crippen molar-refractivity contribution in [2.45, 2.75) is 12.8 Å². The van der Waals surface area contributed by atoms with E-state index in [9.17, 15) is 0 Å². The normalized spacial score (nSPS) is 13.7. The highest BCUT2D eigenvalue weighted by Gasteiger charge is 2.23. The standard InChI is InChI=1S/C19H17N3O/c1-3-7-15(8-4-1)17-18(16-9-5-2-6-10-16)21-22-19(20-17)23-13-14-11-12-14/h1-10,14H,11-13H2. The van der Waals surface area contributed by atoms with Crippen molar-refractivity contribution in [2.24, 2.45) is 5.92 Å². The van der Waals surface area contributed by atoms with Gasteiger partial charge in [0.1, 0.15) is 11.4 Å². The number of rotatable bonds is 5. The molecule has 0 bridgehead atoms. The van der Waals surface area contributed by atoms with Crippen LogP contribution in [-0.2, 0) is 0 Å². The van der Waals surface area contributed by atoms with Gasteiger partial charge in [-0.05, 0) is 18.8 Å². The van der Waals surface area contributed by atoms with Crippen molar-refractivity contribution < 1.29 is 4.74 Å². The maximum absolute atomic E-state index is 5.70. The highest BCUT2D eigenvalue weighted by molar-refractivity contribution is 5.77. The van der Waals surface area contributed by atoms with Gasteiger partial charge in [-0.1, -0.05) is 65.8 Å². The molecule has 1 aliphatic rings. The molecule has 4 heteroatoms. The first-order chi connectivity index (χ1) is 11.4. The lowest BCUT2D eigenvalue weighted by Crippen LogP contribution is -2.06. The summed E-state index contributed by atoms with van der Waals surface area (Å²) in [4.78, 5) is 4.62. The molecule has 1 aromatic heterocycles. The maximum Gasteiger partial charge on any atom is 0.336 e. The molecule has 1 aliphatic carbocycles. The quantitative estimate of drug-likeness (QED) is 0.715. The highest BCUT2D eigenvalue weighted by Crippen LogP contribution is 2.31. The average molecular weight is 303 g/mol. The summed E-state index contributed by atoms with van der Waals surface area (Å²) >= 11 is 0. The van der Waals surface area contributed by atoms with E-state index in [1.165, 1.54) is 12.8 Å². The van der Waals surface area contributed by atoms with Crippen molar-refractivity contribution >= 4 is 0 Å². The molecule has 1 fully saturated rings. The van der Waals surface area contributed by atoms with Gasteiger partial charge >= 0.3 is 6.01 Å². The lowest BCUT2D eigenvalue weighted by molar-refractivity contribution is 0.273. The topological polar surface area (TPSA) is 47.9 Å². The van der Waals surface area contributed by atoms with Crippen LogP contribution in [-0.4, -0.2) is 21.8 Å². The minimum atomic E-state index is 0.357. The number of benzene rings is 2. The fraction of sp³-hybridized carbons (Fsp3) is 0.211. The zero-order valence-electron chi connectivity index (χ0n) is 12.7. The summed E-state index contributed by atoms with van der Waals surface area (Å²) in [7, 11) is 0. The van der Waals surface area contributed by atoms with Crippen LogP contribution in [0.15, 0.2) is 60.7 Å². The fourth-order valence-electron chi connectivity index (χ4n) is 2.44. The minimum Gasteiger partial charge on any atom is -0.462 e. The highest BCUT2D eigenvalue weighted by atomic mass is 16.5. The Morgan fingerprint density at radius 1 is 0.783 bits per heavy atom. The molecule has 0 aliphatic heterocycles. The molecule has 4 rings (SSSR count). The second-order valence-corrected chi connectivity index (χ2v) is 5.78. The molecule has 0 N–H and O–H groups in total. The monoisotopic (exact) mass is 303 g/mol. The van der Waals surface area contributed by atoms with Crippen LogP contribution in [0.25, 0.3) is 22.5 Å². The molecule has 0 radical (unpaired) electrons. The van der Waals surface area contributed by atoms with Crippen LogP contribution in [0, 0.1) is 5.92 Å². The van der Waals surface area contributed by atoms with Crippen LogP contribution in [0.4, 0.5) is 0 Å². The first-order valence-electron chi connectivity index (χ1n) is 7.88. The summed E-state index contributed by atoms with van der Waals surface area (Å²) in [5, 5.41) is 8.54. The number of nitrogens with zero attached hydrogens (tertiary/aromatic N) is 3. The van der Waals surface area contributed by atoms with Crippen LogP contribution in [0.1, 0.15) is 12.8 Å². The van der Waals surface area contributed by atoms with Crippen molar-refractivity contribution in [3.63, 3.8) is 0 Å². The summed E-state index contributed by atoms with van der Waals surface area (Å²) in [5.41, 5.74) is 3.59. The first-order valence-corrected chi connectivity index (χ1v) is 7.88. The van der Waals surface area contributed by atoms with Crippen molar-refractivity contribution in [1.82, 2.24) is 15.2 Å². The van der Waals surface area contributed by atoms with Gasteiger partial charge in [0.05, 0.1) is 6.61 Å². The lowest BCUT2D eigenvalue weighted by atomic mass is 10.0. The van der Waals surface area contributed by atoms with E-state index >= 15 is 0 Å². The Labute approximate surface area is 135 Å². The fourth-order valence-corrected chi connectivity index (χ4v) is 2.44. The molecule has 114 valence electrons. The molecule has 3 aromatic rings. The molecule has 0 atom stereocenters. The Kier molecular flexibility index (Phi) is 3.72. The van der Waals surface area contributed by atoms with Gasteiger partial charge in [-0.25, -0.2) is 0 Å². The molecule has 1 heterocycles. The summed E-state index contributed by atoms with van der Waals surface area (Å²) in [6.07, 6.45) is 2.47. The number of aromatic nitrogens is 3. The van der Waals surface area contributed by atoms with E-state index in [1.807, 2.05) is 60.7 Å². The predicted octanol–water partition coefficient (Wildman–Crippen LogP) is 3.99. The maximum atomic E-state index is 5.70. The smallest absolute Gasteiger partial charge is 0.336 e. The second kappa shape index (κ2) is 6.16. The van der Waals surface area contributed by atoms with E-state index in [2.05, 4.69) is 15.2 Å². The van der Waals surface area contributed by atoms with Gasteiger partial charge in [0.25, 0.3) is 0 Å². The van der Waals surface area contributed by atoms with Crippen LogP contribution >= 0.6 is 0 Å². The van der Waals surface area contributed by atoms with E-state index in [1.54, 1.807) is 0 Å². The summed E-state index contributed by atoms with van der Waals surface area (Å²) in [5.74, 6) is 0.660. The van der Waals surface area contributed by atoms with E-state index < -0.39 is 0 Å². The molecule has 0 unspecified atom stereocenters. The lowest BCUT2D eigenvalue weighted by Gasteiger charge is -2.10. The Morgan fingerprint density at radius 3 is 2.00 bits per heavy atom. The van der Waals surface area contributed by atoms with Crippen molar-refractivity contribution in [1.29, 1.82) is 0 Å². The molecule has 2 aromatic carbocycles. The largest absolute Gasteiger partial charge is 0.462 e. The third-order valence-electron chi connectivity index (χ3n) is 3.91. The van der Waals surface area contributed by atoms with Gasteiger partial charge in [-0.2, -0.15) is 4.98 Å². The molecule has 4 nitrogen and oxygen atoms in total. The van der Waals surface area contributed by atoms with Gasteiger partial charge in [-0.3, -0.25) is 0 Å². The zero-order valence-corrected chi connectivity index (χ0v) is 12.7. The molecule has 0 saturated heterocycles. The number of ether oxygens (including phenoxy) is 1. The van der Waals surface area contributed by atoms with Crippen LogP contribution < -0.4 is 4.74 Å². The number of hydrogen-bond acceptors (Lipinski definition) is 4. The van der Waals surface area contributed by atoms with E-state index in [0.29, 0.717) is 18.5 Å². The van der Waals surface area contributed by atoms with Gasteiger partial charge in [0, 0.05) is 11.1 Å².